The van der Waals surface area contributed by atoms with E-state index >= 15 is 0 Å². The lowest BCUT2D eigenvalue weighted by atomic mass is 10.3. The van der Waals surface area contributed by atoms with E-state index in [1.54, 1.807) is 30.5 Å². The van der Waals surface area contributed by atoms with E-state index in [0.717, 1.165) is 10.4 Å². The van der Waals surface area contributed by atoms with Crippen molar-refractivity contribution in [3.63, 3.8) is 0 Å². The maximum absolute atomic E-state index is 12.3. The topological polar surface area (TPSA) is 99.0 Å². The second-order valence-corrected chi connectivity index (χ2v) is 6.41. The number of anilines is 2. The zero-order chi connectivity index (χ0) is 17.1. The van der Waals surface area contributed by atoms with Gasteiger partial charge in [0.05, 0.1) is 22.7 Å². The first-order valence-corrected chi connectivity index (χ1v) is 8.41. The summed E-state index contributed by atoms with van der Waals surface area (Å²) in [4.78, 5) is 12.3. The molecule has 0 atom stereocenters. The second-order valence-electron chi connectivity index (χ2n) is 4.62. The van der Waals surface area contributed by atoms with Gasteiger partial charge >= 0.3 is 5.56 Å². The first-order chi connectivity index (χ1) is 11.5. The summed E-state index contributed by atoms with van der Waals surface area (Å²) in [6.45, 7) is 0. The number of benzene rings is 1. The van der Waals surface area contributed by atoms with Gasteiger partial charge in [-0.2, -0.15) is 4.68 Å². The van der Waals surface area contributed by atoms with Gasteiger partial charge in [0.15, 0.2) is 0 Å². The minimum Gasteiger partial charge on any atom is -0.468 e. The molecule has 10 heteroatoms. The van der Waals surface area contributed by atoms with Crippen LogP contribution in [0.25, 0.3) is 0 Å². The van der Waals surface area contributed by atoms with Crippen LogP contribution in [0.5, 0.6) is 0 Å². The SMILES string of the molecule is Nn1c(SCc2ccco2)nnc(Nc2ccc(Cl)cc2Cl)c1=O. The predicted octanol–water partition coefficient (Wildman–Crippen LogP) is 3.29. The van der Waals surface area contributed by atoms with Crippen LogP contribution in [0, 0.1) is 0 Å². The minimum absolute atomic E-state index is 0.0379. The molecular formula is C14H11Cl2N5O2S. The first-order valence-electron chi connectivity index (χ1n) is 6.66. The van der Waals surface area contributed by atoms with Crippen LogP contribution in [0.1, 0.15) is 5.76 Å². The summed E-state index contributed by atoms with van der Waals surface area (Å²) in [5.74, 6) is 6.98. The summed E-state index contributed by atoms with van der Waals surface area (Å²) in [6.07, 6.45) is 1.57. The number of hydrogen-bond donors (Lipinski definition) is 2. The summed E-state index contributed by atoms with van der Waals surface area (Å²) in [7, 11) is 0. The van der Waals surface area contributed by atoms with Crippen molar-refractivity contribution in [2.24, 2.45) is 0 Å². The summed E-state index contributed by atoms with van der Waals surface area (Å²) >= 11 is 13.1. The van der Waals surface area contributed by atoms with E-state index in [4.69, 9.17) is 33.5 Å². The Hall–Kier alpha value is -2.16. The molecule has 0 saturated heterocycles. The van der Waals surface area contributed by atoms with Gasteiger partial charge in [-0.15, -0.1) is 10.2 Å². The number of thioether (sulfide) groups is 1. The maximum Gasteiger partial charge on any atom is 0.315 e. The molecule has 0 amide bonds. The lowest BCUT2D eigenvalue weighted by Crippen LogP contribution is -2.32. The molecule has 0 bridgehead atoms. The molecule has 0 aliphatic heterocycles. The summed E-state index contributed by atoms with van der Waals surface area (Å²) < 4.78 is 6.14. The van der Waals surface area contributed by atoms with Crippen molar-refractivity contribution in [1.82, 2.24) is 14.9 Å². The molecule has 0 unspecified atom stereocenters. The fourth-order valence-corrected chi connectivity index (χ4v) is 3.02. The quantitative estimate of drug-likeness (QED) is 0.514. The molecule has 7 nitrogen and oxygen atoms in total. The van der Waals surface area contributed by atoms with Crippen molar-refractivity contribution < 1.29 is 4.42 Å². The van der Waals surface area contributed by atoms with Crippen LogP contribution in [-0.4, -0.2) is 14.9 Å². The van der Waals surface area contributed by atoms with Crippen molar-refractivity contribution in [3.8, 4) is 0 Å². The Morgan fingerprint density at radius 3 is 2.83 bits per heavy atom. The molecule has 0 aliphatic carbocycles. The summed E-state index contributed by atoms with van der Waals surface area (Å²) in [5.41, 5.74) is -0.0542. The molecule has 1 aromatic carbocycles. The highest BCUT2D eigenvalue weighted by molar-refractivity contribution is 7.98. The van der Waals surface area contributed by atoms with Crippen molar-refractivity contribution in [1.29, 1.82) is 0 Å². The van der Waals surface area contributed by atoms with Crippen LogP contribution in [0.4, 0.5) is 11.5 Å². The molecule has 0 aliphatic rings. The third-order valence-corrected chi connectivity index (χ3v) is 4.48. The van der Waals surface area contributed by atoms with Gasteiger partial charge in [0.2, 0.25) is 11.0 Å². The van der Waals surface area contributed by atoms with Gasteiger partial charge < -0.3 is 15.6 Å². The Morgan fingerprint density at radius 1 is 1.29 bits per heavy atom. The van der Waals surface area contributed by atoms with Gasteiger partial charge in [-0.1, -0.05) is 35.0 Å². The Bertz CT molecular complexity index is 914. The van der Waals surface area contributed by atoms with Crippen LogP contribution < -0.4 is 16.7 Å². The van der Waals surface area contributed by atoms with Gasteiger partial charge in [-0.3, -0.25) is 4.79 Å². The molecule has 0 spiro atoms. The molecule has 0 radical (unpaired) electrons. The molecule has 3 rings (SSSR count). The number of nitrogen functional groups attached to an aromatic ring is 1. The van der Waals surface area contributed by atoms with Crippen molar-refractivity contribution >= 4 is 46.5 Å². The van der Waals surface area contributed by atoms with Crippen molar-refractivity contribution in [3.05, 3.63) is 62.8 Å². The third-order valence-electron chi connectivity index (χ3n) is 2.97. The Kier molecular flexibility index (Phi) is 4.98. The highest BCUT2D eigenvalue weighted by Crippen LogP contribution is 2.27. The van der Waals surface area contributed by atoms with Gasteiger partial charge in [0, 0.05) is 5.02 Å². The monoisotopic (exact) mass is 383 g/mol. The van der Waals surface area contributed by atoms with E-state index < -0.39 is 5.56 Å². The van der Waals surface area contributed by atoms with Crippen LogP contribution in [0.2, 0.25) is 10.0 Å². The Morgan fingerprint density at radius 2 is 2.12 bits per heavy atom. The van der Waals surface area contributed by atoms with E-state index in [0.29, 0.717) is 21.5 Å². The molecule has 0 saturated carbocycles. The summed E-state index contributed by atoms with van der Waals surface area (Å²) in [5, 5.41) is 11.7. The second kappa shape index (κ2) is 7.16. The van der Waals surface area contributed by atoms with E-state index in [1.807, 2.05) is 6.07 Å². The molecule has 0 fully saturated rings. The van der Waals surface area contributed by atoms with Crippen LogP contribution in [-0.2, 0) is 5.75 Å². The number of rotatable bonds is 5. The fourth-order valence-electron chi connectivity index (χ4n) is 1.81. The molecule has 3 N–H and O–H groups in total. The Balaban J connectivity index is 1.80. The van der Waals surface area contributed by atoms with Gasteiger partial charge in [0.25, 0.3) is 0 Å². The lowest BCUT2D eigenvalue weighted by molar-refractivity contribution is 0.530. The van der Waals surface area contributed by atoms with Crippen molar-refractivity contribution in [2.75, 3.05) is 11.2 Å². The molecule has 2 aromatic heterocycles. The zero-order valence-electron chi connectivity index (χ0n) is 12.1. The summed E-state index contributed by atoms with van der Waals surface area (Å²) in [6, 6.07) is 8.41. The van der Waals surface area contributed by atoms with Crippen LogP contribution in [0.15, 0.2) is 51.0 Å². The number of halogens is 2. The molecule has 24 heavy (non-hydrogen) atoms. The molecule has 2 heterocycles. The smallest absolute Gasteiger partial charge is 0.315 e. The Labute approximate surface area is 150 Å². The van der Waals surface area contributed by atoms with E-state index in [9.17, 15) is 4.79 Å². The largest absolute Gasteiger partial charge is 0.468 e. The average molecular weight is 384 g/mol. The number of nitrogens with two attached hydrogens (primary N) is 1. The number of furan rings is 1. The molecule has 3 aromatic rings. The number of nitrogens with one attached hydrogen (secondary N) is 1. The van der Waals surface area contributed by atoms with Crippen molar-refractivity contribution in [2.45, 2.75) is 10.9 Å². The van der Waals surface area contributed by atoms with Gasteiger partial charge in [-0.25, -0.2) is 0 Å². The van der Waals surface area contributed by atoms with E-state index in [-0.39, 0.29) is 11.0 Å². The number of nitrogens with zero attached hydrogens (tertiary/aromatic N) is 3. The van der Waals surface area contributed by atoms with Gasteiger partial charge in [-0.05, 0) is 30.3 Å². The third kappa shape index (κ3) is 3.66. The highest BCUT2D eigenvalue weighted by atomic mass is 35.5. The van der Waals surface area contributed by atoms with E-state index in [2.05, 4.69) is 15.5 Å². The van der Waals surface area contributed by atoms with Crippen LogP contribution in [0.3, 0.4) is 0 Å². The highest BCUT2D eigenvalue weighted by Gasteiger charge is 2.13. The minimum atomic E-state index is -0.530. The zero-order valence-corrected chi connectivity index (χ0v) is 14.4. The van der Waals surface area contributed by atoms with E-state index in [1.165, 1.54) is 11.8 Å². The fraction of sp³-hybridized carbons (Fsp3) is 0.0714. The normalized spacial score (nSPS) is 10.8. The predicted molar refractivity (Wildman–Crippen MR) is 94.5 cm³/mol. The average Bonchev–Trinajstić information content (AvgIpc) is 3.07. The van der Waals surface area contributed by atoms with Crippen LogP contribution >= 0.6 is 35.0 Å². The molecule has 124 valence electrons. The van der Waals surface area contributed by atoms with Gasteiger partial charge in [0.1, 0.15) is 5.76 Å². The lowest BCUT2D eigenvalue weighted by Gasteiger charge is -2.09. The molecular weight excluding hydrogens is 373 g/mol. The number of hydrogen-bond acceptors (Lipinski definition) is 7. The number of aromatic nitrogens is 3. The maximum atomic E-state index is 12.3. The standard InChI is InChI=1S/C14H11Cl2N5O2S/c15-8-3-4-11(10(16)6-8)18-12-13(22)21(17)14(20-19-12)24-7-9-2-1-5-23-9/h1-6H,7,17H2,(H,18,19). The first kappa shape index (κ1) is 16.7.